The van der Waals surface area contributed by atoms with Gasteiger partial charge in [0.15, 0.2) is 23.3 Å². The summed E-state index contributed by atoms with van der Waals surface area (Å²) in [7, 11) is 0. The fraction of sp³-hybridized carbons (Fsp3) is 0.308. The Kier molecular flexibility index (Phi) is 4.51. The predicted octanol–water partition coefficient (Wildman–Crippen LogP) is 3.12. The van der Waals surface area contributed by atoms with Gasteiger partial charge in [0.25, 0.3) is 0 Å². The smallest absolute Gasteiger partial charge is 0.178 e. The molecule has 0 radical (unpaired) electrons. The molecule has 0 fully saturated rings. The van der Waals surface area contributed by atoms with Gasteiger partial charge in [-0.05, 0) is 25.3 Å². The Morgan fingerprint density at radius 3 is 2.70 bits per heavy atom. The van der Waals surface area contributed by atoms with Gasteiger partial charge in [0.1, 0.15) is 0 Å². The van der Waals surface area contributed by atoms with Crippen LogP contribution >= 0.6 is 11.3 Å². The van der Waals surface area contributed by atoms with Crippen LogP contribution in [-0.2, 0) is 6.54 Å². The Bertz CT molecular complexity index is 572. The number of pyridine rings is 1. The molecule has 108 valence electrons. The van der Waals surface area contributed by atoms with Crippen LogP contribution in [0.15, 0.2) is 23.6 Å². The molecule has 2 heterocycles. The highest BCUT2D eigenvalue weighted by atomic mass is 32.1. The quantitative estimate of drug-likeness (QED) is 0.658. The molecule has 0 saturated heterocycles. The fourth-order valence-electron chi connectivity index (χ4n) is 1.83. The maximum Gasteiger partial charge on any atom is 0.178 e. The summed E-state index contributed by atoms with van der Waals surface area (Å²) >= 11 is 1.58. The number of rotatable bonds is 5. The molecule has 0 saturated carbocycles. The highest BCUT2D eigenvalue weighted by Gasteiger charge is 2.20. The summed E-state index contributed by atoms with van der Waals surface area (Å²) in [6.07, 6.45) is 0. The SMILES string of the molecule is CC(C)N(Cc1cccs1)c1nc(NN)c(F)cc1F. The third kappa shape index (κ3) is 3.05. The van der Waals surface area contributed by atoms with E-state index in [9.17, 15) is 8.78 Å². The Morgan fingerprint density at radius 2 is 2.15 bits per heavy atom. The minimum absolute atomic E-state index is 0.00943. The van der Waals surface area contributed by atoms with Gasteiger partial charge < -0.3 is 10.3 Å². The van der Waals surface area contributed by atoms with E-state index in [4.69, 9.17) is 5.84 Å². The van der Waals surface area contributed by atoms with Crippen molar-refractivity contribution in [3.8, 4) is 0 Å². The van der Waals surface area contributed by atoms with Crippen LogP contribution in [0.3, 0.4) is 0 Å². The van der Waals surface area contributed by atoms with Crippen LogP contribution in [0, 0.1) is 11.6 Å². The van der Waals surface area contributed by atoms with Crippen molar-refractivity contribution in [3.05, 3.63) is 40.1 Å². The van der Waals surface area contributed by atoms with Crippen LogP contribution < -0.4 is 16.2 Å². The molecule has 20 heavy (non-hydrogen) atoms. The van der Waals surface area contributed by atoms with Crippen molar-refractivity contribution < 1.29 is 8.78 Å². The highest BCUT2D eigenvalue weighted by Crippen LogP contribution is 2.26. The van der Waals surface area contributed by atoms with Crippen molar-refractivity contribution in [2.75, 3.05) is 10.3 Å². The Morgan fingerprint density at radius 1 is 1.40 bits per heavy atom. The van der Waals surface area contributed by atoms with Crippen molar-refractivity contribution >= 4 is 23.0 Å². The van der Waals surface area contributed by atoms with Gasteiger partial charge >= 0.3 is 0 Å². The monoisotopic (exact) mass is 298 g/mol. The Labute approximate surface area is 120 Å². The summed E-state index contributed by atoms with van der Waals surface area (Å²) < 4.78 is 27.4. The van der Waals surface area contributed by atoms with E-state index in [-0.39, 0.29) is 17.7 Å². The second-order valence-corrected chi connectivity index (χ2v) is 5.60. The number of nitrogens with one attached hydrogen (secondary N) is 1. The molecule has 4 nitrogen and oxygen atoms in total. The molecule has 3 N–H and O–H groups in total. The van der Waals surface area contributed by atoms with Crippen LogP contribution in [-0.4, -0.2) is 11.0 Å². The Balaban J connectivity index is 2.38. The minimum Gasteiger partial charge on any atom is -0.347 e. The number of thiophene rings is 1. The largest absolute Gasteiger partial charge is 0.347 e. The molecule has 0 amide bonds. The van der Waals surface area contributed by atoms with E-state index in [2.05, 4.69) is 10.4 Å². The number of nitrogens with two attached hydrogens (primary N) is 1. The van der Waals surface area contributed by atoms with Gasteiger partial charge in [0.05, 0.1) is 6.54 Å². The van der Waals surface area contributed by atoms with Gasteiger partial charge in [-0.25, -0.2) is 19.6 Å². The maximum absolute atomic E-state index is 14.0. The standard InChI is InChI=1S/C13H16F2N4S/c1-8(2)19(7-9-4-3-5-20-9)13-11(15)6-10(14)12(17-13)18-16/h3-6,8H,7,16H2,1-2H3,(H,17,18). The second-order valence-electron chi connectivity index (χ2n) is 4.57. The summed E-state index contributed by atoms with van der Waals surface area (Å²) in [6, 6.07) is 4.69. The number of aromatic nitrogens is 1. The van der Waals surface area contributed by atoms with Crippen LogP contribution in [0.2, 0.25) is 0 Å². The second kappa shape index (κ2) is 6.15. The number of halogens is 2. The summed E-state index contributed by atoms with van der Waals surface area (Å²) in [5.74, 6) is 3.59. The zero-order chi connectivity index (χ0) is 14.7. The van der Waals surface area contributed by atoms with Gasteiger partial charge in [0.2, 0.25) is 0 Å². The first-order valence-electron chi connectivity index (χ1n) is 6.14. The topological polar surface area (TPSA) is 54.2 Å². The lowest BCUT2D eigenvalue weighted by Gasteiger charge is -2.28. The van der Waals surface area contributed by atoms with E-state index < -0.39 is 11.6 Å². The molecule has 2 rings (SSSR count). The molecule has 2 aromatic rings. The minimum atomic E-state index is -0.812. The molecule has 2 aromatic heterocycles. The first-order chi connectivity index (χ1) is 9.52. The van der Waals surface area contributed by atoms with Crippen molar-refractivity contribution in [3.63, 3.8) is 0 Å². The molecular weight excluding hydrogens is 282 g/mol. The number of nitrogen functional groups attached to an aromatic ring is 1. The van der Waals surface area contributed by atoms with Gasteiger partial charge in [0, 0.05) is 17.0 Å². The van der Waals surface area contributed by atoms with E-state index in [1.54, 1.807) is 16.2 Å². The number of hydrogen-bond acceptors (Lipinski definition) is 5. The maximum atomic E-state index is 14.0. The van der Waals surface area contributed by atoms with Crippen LogP contribution in [0.4, 0.5) is 20.4 Å². The van der Waals surface area contributed by atoms with Crippen molar-refractivity contribution in [1.29, 1.82) is 0 Å². The normalized spacial score (nSPS) is 10.9. The molecule has 0 aliphatic heterocycles. The summed E-state index contributed by atoms with van der Waals surface area (Å²) in [4.78, 5) is 6.78. The third-order valence-corrected chi connectivity index (χ3v) is 3.71. The van der Waals surface area contributed by atoms with E-state index in [1.807, 2.05) is 31.4 Å². The first-order valence-corrected chi connectivity index (χ1v) is 7.02. The summed E-state index contributed by atoms with van der Waals surface area (Å²) in [6.45, 7) is 4.36. The summed E-state index contributed by atoms with van der Waals surface area (Å²) in [5, 5.41) is 1.95. The van der Waals surface area contributed by atoms with E-state index in [0.29, 0.717) is 6.54 Å². The van der Waals surface area contributed by atoms with E-state index in [0.717, 1.165) is 10.9 Å². The zero-order valence-electron chi connectivity index (χ0n) is 11.2. The first kappa shape index (κ1) is 14.7. The Hall–Kier alpha value is -1.73. The predicted molar refractivity (Wildman–Crippen MR) is 77.6 cm³/mol. The third-order valence-electron chi connectivity index (χ3n) is 2.85. The van der Waals surface area contributed by atoms with Crippen molar-refractivity contribution in [2.24, 2.45) is 5.84 Å². The molecule has 0 aromatic carbocycles. The van der Waals surface area contributed by atoms with Gasteiger partial charge in [-0.3, -0.25) is 0 Å². The fourth-order valence-corrected chi connectivity index (χ4v) is 2.53. The lowest BCUT2D eigenvalue weighted by molar-refractivity contribution is 0.559. The molecule has 0 atom stereocenters. The molecule has 0 aliphatic rings. The van der Waals surface area contributed by atoms with Crippen LogP contribution in [0.25, 0.3) is 0 Å². The van der Waals surface area contributed by atoms with Crippen molar-refractivity contribution in [2.45, 2.75) is 26.4 Å². The molecule has 0 bridgehead atoms. The number of anilines is 2. The highest BCUT2D eigenvalue weighted by molar-refractivity contribution is 7.09. The molecule has 0 spiro atoms. The number of hydrazine groups is 1. The summed E-state index contributed by atoms with van der Waals surface area (Å²) in [5.41, 5.74) is 2.14. The van der Waals surface area contributed by atoms with Crippen molar-refractivity contribution in [1.82, 2.24) is 4.98 Å². The average Bonchev–Trinajstić information content (AvgIpc) is 2.89. The molecule has 7 heteroatoms. The molecule has 0 unspecified atom stereocenters. The van der Waals surface area contributed by atoms with E-state index in [1.165, 1.54) is 0 Å². The van der Waals surface area contributed by atoms with Crippen LogP contribution in [0.1, 0.15) is 18.7 Å². The van der Waals surface area contributed by atoms with Crippen LogP contribution in [0.5, 0.6) is 0 Å². The molecule has 0 aliphatic carbocycles. The van der Waals surface area contributed by atoms with Gasteiger partial charge in [-0.1, -0.05) is 6.07 Å². The number of nitrogens with zero attached hydrogens (tertiary/aromatic N) is 2. The lowest BCUT2D eigenvalue weighted by atomic mass is 10.2. The van der Waals surface area contributed by atoms with Gasteiger partial charge in [-0.2, -0.15) is 0 Å². The lowest BCUT2D eigenvalue weighted by Crippen LogP contribution is -2.32. The van der Waals surface area contributed by atoms with Gasteiger partial charge in [-0.15, -0.1) is 11.3 Å². The number of hydrogen-bond donors (Lipinski definition) is 2. The zero-order valence-corrected chi connectivity index (χ0v) is 12.0. The average molecular weight is 298 g/mol. The molecular formula is C13H16F2N4S. The van der Waals surface area contributed by atoms with E-state index >= 15 is 0 Å².